The van der Waals surface area contributed by atoms with Crippen molar-refractivity contribution in [1.29, 1.82) is 0 Å². The lowest BCUT2D eigenvalue weighted by atomic mass is 10.1. The predicted octanol–water partition coefficient (Wildman–Crippen LogP) is 2.23. The molecule has 0 aliphatic rings. The van der Waals surface area contributed by atoms with Gasteiger partial charge in [0.15, 0.2) is 0 Å². The van der Waals surface area contributed by atoms with Gasteiger partial charge in [-0.2, -0.15) is 13.2 Å². The number of aromatic amines is 1. The maximum absolute atomic E-state index is 12.9. The molecule has 0 fully saturated rings. The molecular formula is C12H14ClF3N4O2. The van der Waals surface area contributed by atoms with Crippen LogP contribution in [0.4, 0.5) is 18.9 Å². The van der Waals surface area contributed by atoms with Crippen molar-refractivity contribution in [2.75, 3.05) is 18.4 Å². The van der Waals surface area contributed by atoms with Gasteiger partial charge in [-0.15, -0.1) is 17.5 Å². The molecule has 6 nitrogen and oxygen atoms in total. The van der Waals surface area contributed by atoms with Crippen LogP contribution in [0.1, 0.15) is 12.0 Å². The average molecular weight is 339 g/mol. The van der Waals surface area contributed by atoms with Crippen LogP contribution in [0.15, 0.2) is 27.4 Å². The van der Waals surface area contributed by atoms with E-state index in [1.807, 2.05) is 0 Å². The van der Waals surface area contributed by atoms with Gasteiger partial charge in [0.25, 0.3) is 0 Å². The smallest absolute Gasteiger partial charge is 0.388 e. The minimum atomic E-state index is -4.49. The first-order valence-electron chi connectivity index (χ1n) is 6.13. The Balaban J connectivity index is 0.00000242. The van der Waals surface area contributed by atoms with E-state index < -0.39 is 17.5 Å². The van der Waals surface area contributed by atoms with Crippen molar-refractivity contribution in [3.63, 3.8) is 0 Å². The van der Waals surface area contributed by atoms with Crippen LogP contribution >= 0.6 is 12.4 Å². The van der Waals surface area contributed by atoms with Gasteiger partial charge < -0.3 is 15.5 Å². The van der Waals surface area contributed by atoms with Crippen molar-refractivity contribution in [2.45, 2.75) is 12.6 Å². The van der Waals surface area contributed by atoms with E-state index in [1.165, 1.54) is 12.1 Å². The first-order valence-corrected chi connectivity index (χ1v) is 6.13. The molecule has 1 aromatic heterocycles. The Bertz CT molecular complexity index is 669. The molecule has 4 N–H and O–H groups in total. The Labute approximate surface area is 129 Å². The molecule has 0 spiro atoms. The number of benzene rings is 1. The highest BCUT2D eigenvalue weighted by atomic mass is 35.5. The van der Waals surface area contributed by atoms with Gasteiger partial charge in [0, 0.05) is 17.8 Å². The third kappa shape index (κ3) is 4.25. The van der Waals surface area contributed by atoms with Crippen LogP contribution in [0.25, 0.3) is 11.5 Å². The highest BCUT2D eigenvalue weighted by molar-refractivity contribution is 5.85. The molecule has 2 rings (SSSR count). The van der Waals surface area contributed by atoms with E-state index in [4.69, 9.17) is 10.2 Å². The number of rotatable bonds is 5. The van der Waals surface area contributed by atoms with Crippen LogP contribution in [0.5, 0.6) is 0 Å². The molecular weight excluding hydrogens is 325 g/mol. The molecule has 22 heavy (non-hydrogen) atoms. The fourth-order valence-corrected chi connectivity index (χ4v) is 1.75. The van der Waals surface area contributed by atoms with Crippen LogP contribution in [0.3, 0.4) is 0 Å². The van der Waals surface area contributed by atoms with Gasteiger partial charge in [0.2, 0.25) is 5.89 Å². The largest absolute Gasteiger partial charge is 0.434 e. The summed E-state index contributed by atoms with van der Waals surface area (Å²) in [6.07, 6.45) is -3.96. The molecule has 0 saturated heterocycles. The van der Waals surface area contributed by atoms with Gasteiger partial charge in [-0.05, 0) is 31.2 Å². The maximum Gasteiger partial charge on any atom is 0.434 e. The summed E-state index contributed by atoms with van der Waals surface area (Å²) in [4.78, 5) is 10.9. The summed E-state index contributed by atoms with van der Waals surface area (Å²) in [5.41, 5.74) is 4.66. The molecule has 2 aromatic rings. The molecule has 0 atom stereocenters. The van der Waals surface area contributed by atoms with Crippen molar-refractivity contribution >= 4 is 18.1 Å². The second kappa shape index (κ2) is 7.32. The maximum atomic E-state index is 12.9. The number of alkyl halides is 3. The zero-order chi connectivity index (χ0) is 15.5. The Morgan fingerprint density at radius 1 is 1.36 bits per heavy atom. The standard InChI is InChI=1S/C12H13F3N4O2.ClH/c13-12(14,15)8-3-2-7(10-18-19-11(20)21-10)6-9(8)17-5-1-4-16;/h2-3,6,17H,1,4-5,16H2,(H,19,20);1H. The van der Waals surface area contributed by atoms with Gasteiger partial charge >= 0.3 is 11.9 Å². The number of H-pyrrole nitrogens is 1. The number of nitrogens with two attached hydrogens (primary N) is 1. The van der Waals surface area contributed by atoms with Gasteiger partial charge in [-0.25, -0.2) is 9.89 Å². The Hall–Kier alpha value is -2.00. The van der Waals surface area contributed by atoms with Crippen molar-refractivity contribution in [3.8, 4) is 11.5 Å². The molecule has 0 unspecified atom stereocenters. The van der Waals surface area contributed by atoms with E-state index in [2.05, 4.69) is 15.5 Å². The van der Waals surface area contributed by atoms with Crippen molar-refractivity contribution in [2.24, 2.45) is 5.73 Å². The SMILES string of the molecule is Cl.NCCCNc1cc(-c2n[nH]c(=O)o2)ccc1C(F)(F)F. The molecule has 0 radical (unpaired) electrons. The Morgan fingerprint density at radius 3 is 2.64 bits per heavy atom. The molecule has 0 saturated carbocycles. The molecule has 1 aromatic carbocycles. The number of nitrogens with zero attached hydrogens (tertiary/aromatic N) is 1. The second-order valence-electron chi connectivity index (χ2n) is 4.25. The van der Waals surface area contributed by atoms with E-state index in [0.29, 0.717) is 19.5 Å². The van der Waals surface area contributed by atoms with Gasteiger partial charge in [-0.1, -0.05) is 0 Å². The summed E-state index contributed by atoms with van der Waals surface area (Å²) >= 11 is 0. The topological polar surface area (TPSA) is 96.9 Å². The van der Waals surface area contributed by atoms with Gasteiger partial charge in [0.1, 0.15) is 0 Å². The Kier molecular flexibility index (Phi) is 6.01. The monoisotopic (exact) mass is 338 g/mol. The van der Waals surface area contributed by atoms with Crippen LogP contribution < -0.4 is 16.8 Å². The van der Waals surface area contributed by atoms with E-state index in [-0.39, 0.29) is 29.5 Å². The molecule has 0 bridgehead atoms. The third-order valence-corrected chi connectivity index (χ3v) is 2.71. The zero-order valence-corrected chi connectivity index (χ0v) is 12.1. The molecule has 122 valence electrons. The first-order chi connectivity index (χ1) is 9.91. The number of hydrogen-bond acceptors (Lipinski definition) is 5. The van der Waals surface area contributed by atoms with Crippen molar-refractivity contribution < 1.29 is 17.6 Å². The molecule has 0 aliphatic carbocycles. The van der Waals surface area contributed by atoms with E-state index in [1.54, 1.807) is 0 Å². The number of aromatic nitrogens is 2. The first kappa shape index (κ1) is 18.1. The summed E-state index contributed by atoms with van der Waals surface area (Å²) < 4.78 is 43.5. The minimum absolute atomic E-state index is 0. The molecule has 1 heterocycles. The number of halogens is 4. The molecule has 10 heteroatoms. The van der Waals surface area contributed by atoms with Crippen LogP contribution in [0.2, 0.25) is 0 Å². The second-order valence-corrected chi connectivity index (χ2v) is 4.25. The molecule has 0 aliphatic heterocycles. The lowest BCUT2D eigenvalue weighted by molar-refractivity contribution is -0.136. The number of nitrogens with one attached hydrogen (secondary N) is 2. The van der Waals surface area contributed by atoms with E-state index in [0.717, 1.165) is 6.07 Å². The lowest BCUT2D eigenvalue weighted by Gasteiger charge is -2.15. The third-order valence-electron chi connectivity index (χ3n) is 2.71. The predicted molar refractivity (Wildman–Crippen MR) is 77.0 cm³/mol. The zero-order valence-electron chi connectivity index (χ0n) is 11.2. The summed E-state index contributed by atoms with van der Waals surface area (Å²) in [5, 5.41) is 8.31. The summed E-state index contributed by atoms with van der Waals surface area (Å²) in [6, 6.07) is 3.34. The van der Waals surface area contributed by atoms with E-state index in [9.17, 15) is 18.0 Å². The number of hydrogen-bond donors (Lipinski definition) is 3. The van der Waals surface area contributed by atoms with Crippen molar-refractivity contribution in [3.05, 3.63) is 34.3 Å². The quantitative estimate of drug-likeness (QED) is 0.726. The normalized spacial score (nSPS) is 11.1. The summed E-state index contributed by atoms with van der Waals surface area (Å²) in [6.45, 7) is 0.663. The van der Waals surface area contributed by atoms with Crippen LogP contribution in [0, 0.1) is 0 Å². The van der Waals surface area contributed by atoms with Crippen LogP contribution in [-0.4, -0.2) is 23.3 Å². The number of anilines is 1. The lowest BCUT2D eigenvalue weighted by Crippen LogP contribution is -2.13. The summed E-state index contributed by atoms with van der Waals surface area (Å²) in [5.74, 6) is -0.849. The minimum Gasteiger partial charge on any atom is -0.388 e. The van der Waals surface area contributed by atoms with Gasteiger partial charge in [0.05, 0.1) is 5.56 Å². The fraction of sp³-hybridized carbons (Fsp3) is 0.333. The van der Waals surface area contributed by atoms with Crippen molar-refractivity contribution in [1.82, 2.24) is 10.2 Å². The highest BCUT2D eigenvalue weighted by Gasteiger charge is 2.33. The average Bonchev–Trinajstić information content (AvgIpc) is 2.84. The van der Waals surface area contributed by atoms with Gasteiger partial charge in [-0.3, -0.25) is 0 Å². The molecule has 0 amide bonds. The fourth-order valence-electron chi connectivity index (χ4n) is 1.75. The van der Waals surface area contributed by atoms with Crippen LogP contribution in [-0.2, 0) is 6.18 Å². The van der Waals surface area contributed by atoms with E-state index >= 15 is 0 Å². The summed E-state index contributed by atoms with van der Waals surface area (Å²) in [7, 11) is 0. The highest BCUT2D eigenvalue weighted by Crippen LogP contribution is 2.36. The Morgan fingerprint density at radius 2 is 2.09 bits per heavy atom.